The van der Waals surface area contributed by atoms with E-state index in [1.165, 1.54) is 5.75 Å². The second-order valence-electron chi connectivity index (χ2n) is 1.77. The maximum absolute atomic E-state index is 5.68. The molecular formula is C4H9IN2S. The highest BCUT2D eigenvalue weighted by Gasteiger charge is 2.14. The molecule has 0 spiro atoms. The van der Waals surface area contributed by atoms with E-state index in [0.29, 0.717) is 0 Å². The molecule has 1 unspecified atom stereocenters. The molecule has 0 aromatic heterocycles. The van der Waals surface area contributed by atoms with Gasteiger partial charge >= 0.3 is 0 Å². The molecule has 1 aliphatic heterocycles. The molecule has 1 atom stereocenters. The number of hydrogen-bond donors (Lipinski definition) is 1. The highest BCUT2D eigenvalue weighted by molar-refractivity contribution is 14.1. The lowest BCUT2D eigenvalue weighted by Gasteiger charge is -2.26. The van der Waals surface area contributed by atoms with Crippen LogP contribution in [0.5, 0.6) is 0 Å². The van der Waals surface area contributed by atoms with Gasteiger partial charge in [-0.3, -0.25) is 0 Å². The molecule has 0 amide bonds. The van der Waals surface area contributed by atoms with E-state index in [1.54, 1.807) is 0 Å². The first-order valence-electron chi connectivity index (χ1n) is 2.56. The summed E-state index contributed by atoms with van der Waals surface area (Å²) in [5.41, 5.74) is 5.68. The molecule has 0 aliphatic carbocycles. The first kappa shape index (κ1) is 7.11. The first-order valence-corrected chi connectivity index (χ1v) is 4.68. The predicted octanol–water partition coefficient (Wildman–Crippen LogP) is 0.670. The normalized spacial score (nSPS) is 33.0. The van der Waals surface area contributed by atoms with Gasteiger partial charge in [-0.05, 0) is 0 Å². The largest absolute Gasteiger partial charge is 0.314 e. The van der Waals surface area contributed by atoms with E-state index in [1.807, 2.05) is 11.8 Å². The third-order valence-electron chi connectivity index (χ3n) is 1.10. The molecule has 4 heteroatoms. The maximum atomic E-state index is 5.68. The SMILES string of the molecule is NC1CSCCN1I. The van der Waals surface area contributed by atoms with E-state index in [-0.39, 0.29) is 6.17 Å². The van der Waals surface area contributed by atoms with Gasteiger partial charge in [-0.25, -0.2) is 3.11 Å². The molecule has 0 radical (unpaired) electrons. The van der Waals surface area contributed by atoms with Crippen LogP contribution in [0, 0.1) is 0 Å². The molecule has 0 bridgehead atoms. The zero-order chi connectivity index (χ0) is 5.98. The Labute approximate surface area is 67.7 Å². The zero-order valence-electron chi connectivity index (χ0n) is 4.51. The van der Waals surface area contributed by atoms with Gasteiger partial charge in [-0.1, -0.05) is 0 Å². The van der Waals surface area contributed by atoms with Crippen molar-refractivity contribution in [2.45, 2.75) is 6.17 Å². The number of hydrogen-bond acceptors (Lipinski definition) is 3. The molecule has 1 rings (SSSR count). The Morgan fingerprint density at radius 2 is 2.50 bits per heavy atom. The van der Waals surface area contributed by atoms with Crippen LogP contribution in [0.3, 0.4) is 0 Å². The van der Waals surface area contributed by atoms with Gasteiger partial charge in [0, 0.05) is 40.9 Å². The molecule has 0 saturated carbocycles. The molecule has 2 nitrogen and oxygen atoms in total. The molecule has 1 saturated heterocycles. The van der Waals surface area contributed by atoms with Crippen molar-refractivity contribution < 1.29 is 0 Å². The topological polar surface area (TPSA) is 29.3 Å². The van der Waals surface area contributed by atoms with E-state index < -0.39 is 0 Å². The fraction of sp³-hybridized carbons (Fsp3) is 1.00. The maximum Gasteiger partial charge on any atom is 0.0755 e. The highest BCUT2D eigenvalue weighted by atomic mass is 127. The van der Waals surface area contributed by atoms with Crippen molar-refractivity contribution in [1.82, 2.24) is 3.11 Å². The van der Waals surface area contributed by atoms with Crippen molar-refractivity contribution in [3.63, 3.8) is 0 Å². The lowest BCUT2D eigenvalue weighted by atomic mass is 10.5. The molecular weight excluding hydrogens is 235 g/mol. The number of nitrogens with two attached hydrogens (primary N) is 1. The van der Waals surface area contributed by atoms with Crippen LogP contribution in [-0.4, -0.2) is 27.3 Å². The van der Waals surface area contributed by atoms with Crippen LogP contribution in [0.15, 0.2) is 0 Å². The Hall–Kier alpha value is 1.00. The van der Waals surface area contributed by atoms with Crippen LogP contribution in [0.25, 0.3) is 0 Å². The Bertz CT molecular complexity index is 70.4. The smallest absolute Gasteiger partial charge is 0.0755 e. The summed E-state index contributed by atoms with van der Waals surface area (Å²) >= 11 is 4.21. The second-order valence-corrected chi connectivity index (χ2v) is 4.15. The quantitative estimate of drug-likeness (QED) is 0.501. The minimum atomic E-state index is 0.286. The van der Waals surface area contributed by atoms with Gasteiger partial charge in [0.25, 0.3) is 0 Å². The monoisotopic (exact) mass is 244 g/mol. The van der Waals surface area contributed by atoms with Gasteiger partial charge in [-0.2, -0.15) is 11.8 Å². The third-order valence-corrected chi connectivity index (χ3v) is 3.34. The second kappa shape index (κ2) is 3.24. The van der Waals surface area contributed by atoms with Crippen molar-refractivity contribution >= 4 is 34.6 Å². The summed E-state index contributed by atoms with van der Waals surface area (Å²) in [7, 11) is 0. The molecule has 1 heterocycles. The van der Waals surface area contributed by atoms with Gasteiger partial charge in [0.15, 0.2) is 0 Å². The fourth-order valence-electron chi connectivity index (χ4n) is 0.603. The lowest BCUT2D eigenvalue weighted by molar-refractivity contribution is 0.432. The van der Waals surface area contributed by atoms with Crippen LogP contribution in [0.4, 0.5) is 0 Å². The Kier molecular flexibility index (Phi) is 2.88. The summed E-state index contributed by atoms with van der Waals surface area (Å²) in [5.74, 6) is 2.32. The molecule has 1 fully saturated rings. The van der Waals surface area contributed by atoms with Crippen LogP contribution in [0.2, 0.25) is 0 Å². The zero-order valence-corrected chi connectivity index (χ0v) is 7.48. The van der Waals surface area contributed by atoms with Crippen molar-refractivity contribution in [3.8, 4) is 0 Å². The van der Waals surface area contributed by atoms with Gasteiger partial charge in [-0.15, -0.1) is 0 Å². The van der Waals surface area contributed by atoms with E-state index in [9.17, 15) is 0 Å². The minimum Gasteiger partial charge on any atom is -0.314 e. The summed E-state index contributed by atoms with van der Waals surface area (Å²) < 4.78 is 2.16. The van der Waals surface area contributed by atoms with Gasteiger partial charge < -0.3 is 5.73 Å². The van der Waals surface area contributed by atoms with E-state index in [0.717, 1.165) is 12.3 Å². The average Bonchev–Trinajstić information content (AvgIpc) is 1.77. The van der Waals surface area contributed by atoms with Crippen LogP contribution >= 0.6 is 34.6 Å². The van der Waals surface area contributed by atoms with Crippen molar-refractivity contribution in [3.05, 3.63) is 0 Å². The summed E-state index contributed by atoms with van der Waals surface area (Å²) in [6, 6.07) is 0. The number of rotatable bonds is 0. The Morgan fingerprint density at radius 1 is 1.75 bits per heavy atom. The average molecular weight is 244 g/mol. The Morgan fingerprint density at radius 3 is 2.88 bits per heavy atom. The van der Waals surface area contributed by atoms with Crippen LogP contribution in [0.1, 0.15) is 0 Å². The number of halogens is 1. The third kappa shape index (κ3) is 1.75. The summed E-state index contributed by atoms with van der Waals surface area (Å²) in [6.45, 7) is 1.13. The molecule has 0 aromatic carbocycles. The van der Waals surface area contributed by atoms with E-state index >= 15 is 0 Å². The molecule has 8 heavy (non-hydrogen) atoms. The van der Waals surface area contributed by atoms with Crippen molar-refractivity contribution in [1.29, 1.82) is 0 Å². The summed E-state index contributed by atoms with van der Waals surface area (Å²) in [5, 5.41) is 0. The number of thioether (sulfide) groups is 1. The Balaban J connectivity index is 2.28. The lowest BCUT2D eigenvalue weighted by Crippen LogP contribution is -2.41. The van der Waals surface area contributed by atoms with Gasteiger partial charge in [0.2, 0.25) is 0 Å². The summed E-state index contributed by atoms with van der Waals surface area (Å²) in [4.78, 5) is 0. The first-order chi connectivity index (χ1) is 3.80. The molecule has 2 N–H and O–H groups in total. The number of nitrogens with zero attached hydrogens (tertiary/aromatic N) is 1. The molecule has 48 valence electrons. The standard InChI is InChI=1S/C4H9IN2S/c5-7-1-2-8-3-4(7)6/h4H,1-3,6H2. The summed E-state index contributed by atoms with van der Waals surface area (Å²) in [6.07, 6.45) is 0.286. The van der Waals surface area contributed by atoms with Crippen LogP contribution in [-0.2, 0) is 0 Å². The highest BCUT2D eigenvalue weighted by Crippen LogP contribution is 2.15. The van der Waals surface area contributed by atoms with Gasteiger partial charge in [0.1, 0.15) is 0 Å². The molecule has 0 aromatic rings. The van der Waals surface area contributed by atoms with Crippen LogP contribution < -0.4 is 5.73 Å². The van der Waals surface area contributed by atoms with Crippen molar-refractivity contribution in [2.24, 2.45) is 5.73 Å². The van der Waals surface area contributed by atoms with Crippen molar-refractivity contribution in [2.75, 3.05) is 18.1 Å². The van der Waals surface area contributed by atoms with Gasteiger partial charge in [0.05, 0.1) is 6.17 Å². The minimum absolute atomic E-state index is 0.286. The van der Waals surface area contributed by atoms with E-state index in [2.05, 4.69) is 26.0 Å². The predicted molar refractivity (Wildman–Crippen MR) is 46.0 cm³/mol. The molecule has 1 aliphatic rings. The van der Waals surface area contributed by atoms with E-state index in [4.69, 9.17) is 5.73 Å². The fourth-order valence-corrected chi connectivity index (χ4v) is 2.55.